The van der Waals surface area contributed by atoms with Gasteiger partial charge in [0.25, 0.3) is 11.8 Å². The Morgan fingerprint density at radius 1 is 0.875 bits per heavy atom. The van der Waals surface area contributed by atoms with Gasteiger partial charge in [-0.15, -0.1) is 0 Å². The van der Waals surface area contributed by atoms with Gasteiger partial charge in [-0.2, -0.15) is 0 Å². The van der Waals surface area contributed by atoms with Crippen LogP contribution in [0.15, 0.2) is 60.8 Å². The normalized spacial score (nSPS) is 16.8. The Hall–Kier alpha value is -3.79. The lowest BCUT2D eigenvalue weighted by atomic mass is 10.1. The van der Waals surface area contributed by atoms with E-state index >= 15 is 0 Å². The quantitative estimate of drug-likeness (QED) is 0.469. The first-order valence-electron chi connectivity index (χ1n) is 14.0. The van der Waals surface area contributed by atoms with E-state index in [1.165, 1.54) is 0 Å². The van der Waals surface area contributed by atoms with Gasteiger partial charge in [-0.05, 0) is 81.0 Å². The molecule has 2 fully saturated rings. The molecule has 2 aliphatic rings. The van der Waals surface area contributed by atoms with Gasteiger partial charge in [-0.3, -0.25) is 14.5 Å². The fraction of sp³-hybridized carbons (Fsp3) is 0.387. The summed E-state index contributed by atoms with van der Waals surface area (Å²) >= 11 is 0. The third-order valence-corrected chi connectivity index (χ3v) is 7.49. The van der Waals surface area contributed by atoms with Crippen molar-refractivity contribution in [2.45, 2.75) is 19.9 Å². The van der Waals surface area contributed by atoms with Crippen LogP contribution in [0.4, 0.5) is 17.2 Å². The number of ether oxygens (including phenoxy) is 1. The summed E-state index contributed by atoms with van der Waals surface area (Å²) in [5.74, 6) is 0.358. The maximum absolute atomic E-state index is 13.2. The molecule has 5 rings (SSSR count). The molecule has 2 saturated heterocycles. The summed E-state index contributed by atoms with van der Waals surface area (Å²) in [5, 5.41) is 6.00. The van der Waals surface area contributed by atoms with Crippen LogP contribution in [0.5, 0.6) is 0 Å². The highest BCUT2D eigenvalue weighted by atomic mass is 16.5. The van der Waals surface area contributed by atoms with Gasteiger partial charge in [0.2, 0.25) is 0 Å². The van der Waals surface area contributed by atoms with E-state index in [2.05, 4.69) is 43.4 Å². The van der Waals surface area contributed by atoms with Crippen LogP contribution < -0.4 is 15.5 Å². The minimum Gasteiger partial charge on any atom is -0.378 e. The van der Waals surface area contributed by atoms with E-state index in [1.54, 1.807) is 24.4 Å². The molecule has 9 heteroatoms. The molecule has 0 saturated carbocycles. The first-order chi connectivity index (χ1) is 19.4. The third kappa shape index (κ3) is 7.24. The number of morpholine rings is 1. The SMILES string of the molecule is Cc1ccc(NC(=O)c2ccnc(N3CCOCC3)c2)cc1NC(=O)c1cccc(CN2CCCN(C)CC2)c1. The van der Waals surface area contributed by atoms with Crippen LogP contribution in [0, 0.1) is 6.92 Å². The van der Waals surface area contributed by atoms with Gasteiger partial charge >= 0.3 is 0 Å². The molecule has 210 valence electrons. The van der Waals surface area contributed by atoms with Crippen LogP contribution in [0.1, 0.15) is 38.3 Å². The highest BCUT2D eigenvalue weighted by molar-refractivity contribution is 6.07. The number of nitrogens with zero attached hydrogens (tertiary/aromatic N) is 4. The van der Waals surface area contributed by atoms with E-state index in [4.69, 9.17) is 4.74 Å². The zero-order valence-electron chi connectivity index (χ0n) is 23.4. The second kappa shape index (κ2) is 13.0. The molecule has 0 aliphatic carbocycles. The van der Waals surface area contributed by atoms with Gasteiger partial charge in [0, 0.05) is 61.4 Å². The van der Waals surface area contributed by atoms with Crippen molar-refractivity contribution in [1.82, 2.24) is 14.8 Å². The van der Waals surface area contributed by atoms with Gasteiger partial charge in [0.15, 0.2) is 0 Å². The zero-order chi connectivity index (χ0) is 27.9. The number of carbonyl (C=O) groups excluding carboxylic acids is 2. The van der Waals surface area contributed by atoms with Crippen LogP contribution in [-0.4, -0.2) is 86.1 Å². The summed E-state index contributed by atoms with van der Waals surface area (Å²) in [4.78, 5) is 37.6. The fourth-order valence-electron chi connectivity index (χ4n) is 5.08. The summed E-state index contributed by atoms with van der Waals surface area (Å²) in [6, 6.07) is 16.9. The van der Waals surface area contributed by atoms with Crippen LogP contribution in [0.3, 0.4) is 0 Å². The Kier molecular flexibility index (Phi) is 9.05. The number of benzene rings is 2. The molecule has 2 N–H and O–H groups in total. The van der Waals surface area contributed by atoms with Crippen molar-refractivity contribution >= 4 is 29.0 Å². The predicted octanol–water partition coefficient (Wildman–Crippen LogP) is 3.87. The van der Waals surface area contributed by atoms with Gasteiger partial charge in [0.05, 0.1) is 13.2 Å². The molecule has 3 heterocycles. The highest BCUT2D eigenvalue weighted by Gasteiger charge is 2.17. The lowest BCUT2D eigenvalue weighted by molar-refractivity contribution is 0.101. The molecule has 40 heavy (non-hydrogen) atoms. The minimum atomic E-state index is -0.231. The van der Waals surface area contributed by atoms with E-state index in [9.17, 15) is 9.59 Å². The number of aromatic nitrogens is 1. The average Bonchev–Trinajstić information content (AvgIpc) is 3.19. The van der Waals surface area contributed by atoms with E-state index in [0.717, 1.165) is 69.2 Å². The van der Waals surface area contributed by atoms with Gasteiger partial charge in [0.1, 0.15) is 5.82 Å². The summed E-state index contributed by atoms with van der Waals surface area (Å²) in [7, 11) is 2.17. The summed E-state index contributed by atoms with van der Waals surface area (Å²) < 4.78 is 5.42. The average molecular weight is 543 g/mol. The number of hydrogen-bond acceptors (Lipinski definition) is 7. The molecule has 9 nitrogen and oxygen atoms in total. The molecule has 3 aromatic rings. The number of hydrogen-bond donors (Lipinski definition) is 2. The largest absolute Gasteiger partial charge is 0.378 e. The Balaban J connectivity index is 1.23. The second-order valence-electron chi connectivity index (χ2n) is 10.6. The number of anilines is 3. The van der Waals surface area contributed by atoms with Crippen molar-refractivity contribution < 1.29 is 14.3 Å². The number of nitrogens with one attached hydrogen (secondary N) is 2. The van der Waals surface area contributed by atoms with Crippen molar-refractivity contribution in [1.29, 1.82) is 0 Å². The van der Waals surface area contributed by atoms with E-state index in [-0.39, 0.29) is 11.8 Å². The Morgan fingerprint density at radius 2 is 1.68 bits per heavy atom. The van der Waals surface area contributed by atoms with Crippen LogP contribution >= 0.6 is 0 Å². The van der Waals surface area contributed by atoms with Crippen molar-refractivity contribution in [3.63, 3.8) is 0 Å². The Bertz CT molecular complexity index is 1340. The maximum atomic E-state index is 13.2. The molecule has 0 atom stereocenters. The first-order valence-corrected chi connectivity index (χ1v) is 14.0. The molecule has 1 aromatic heterocycles. The standard InChI is InChI=1S/C31H38N6O3/c1-23-7-8-27(33-30(38)26-9-10-32-29(20-26)37-15-17-40-18-16-37)21-28(23)34-31(39)25-6-3-5-24(19-25)22-36-12-4-11-35(2)13-14-36/h3,5-10,19-21H,4,11-18,22H2,1-2H3,(H,33,38)(H,34,39). The van der Waals surface area contributed by atoms with E-state index in [1.807, 2.05) is 37.3 Å². The molecule has 0 radical (unpaired) electrons. The number of amides is 2. The molecule has 0 bridgehead atoms. The number of rotatable bonds is 7. The van der Waals surface area contributed by atoms with Gasteiger partial charge in [-0.1, -0.05) is 18.2 Å². The number of aryl methyl sites for hydroxylation is 1. The highest BCUT2D eigenvalue weighted by Crippen LogP contribution is 2.23. The number of likely N-dealkylation sites (N-methyl/N-ethyl adjacent to an activating group) is 1. The smallest absolute Gasteiger partial charge is 0.255 e. The topological polar surface area (TPSA) is 90.0 Å². The lowest BCUT2D eigenvalue weighted by Gasteiger charge is -2.27. The zero-order valence-corrected chi connectivity index (χ0v) is 23.4. The predicted molar refractivity (Wildman–Crippen MR) is 158 cm³/mol. The molecule has 2 aliphatic heterocycles. The first kappa shape index (κ1) is 27.8. The van der Waals surface area contributed by atoms with Crippen LogP contribution in [-0.2, 0) is 11.3 Å². The molecular weight excluding hydrogens is 504 g/mol. The Labute approximate surface area is 236 Å². The summed E-state index contributed by atoms with van der Waals surface area (Å²) in [6.07, 6.45) is 2.80. The molecular formula is C31H38N6O3. The van der Waals surface area contributed by atoms with Crippen LogP contribution in [0.2, 0.25) is 0 Å². The van der Waals surface area contributed by atoms with Crippen molar-refractivity contribution in [3.05, 3.63) is 83.0 Å². The third-order valence-electron chi connectivity index (χ3n) is 7.49. The van der Waals surface area contributed by atoms with Crippen LogP contribution in [0.25, 0.3) is 0 Å². The minimum absolute atomic E-state index is 0.173. The Morgan fingerprint density at radius 3 is 2.52 bits per heavy atom. The van der Waals surface area contributed by atoms with Crippen molar-refractivity contribution in [2.75, 3.05) is 75.1 Å². The molecule has 0 unspecified atom stereocenters. The second-order valence-corrected chi connectivity index (χ2v) is 10.6. The molecule has 0 spiro atoms. The maximum Gasteiger partial charge on any atom is 0.255 e. The van der Waals surface area contributed by atoms with Gasteiger partial charge < -0.3 is 25.2 Å². The van der Waals surface area contributed by atoms with E-state index in [0.29, 0.717) is 35.7 Å². The van der Waals surface area contributed by atoms with E-state index < -0.39 is 0 Å². The van der Waals surface area contributed by atoms with Crippen molar-refractivity contribution in [2.24, 2.45) is 0 Å². The van der Waals surface area contributed by atoms with Crippen molar-refractivity contribution in [3.8, 4) is 0 Å². The fourth-order valence-corrected chi connectivity index (χ4v) is 5.08. The lowest BCUT2D eigenvalue weighted by Crippen LogP contribution is -2.36. The van der Waals surface area contributed by atoms with Gasteiger partial charge in [-0.25, -0.2) is 4.98 Å². The summed E-state index contributed by atoms with van der Waals surface area (Å²) in [6.45, 7) is 9.83. The molecule has 2 aromatic carbocycles. The number of pyridine rings is 1. The number of carbonyl (C=O) groups is 2. The monoisotopic (exact) mass is 542 g/mol. The summed E-state index contributed by atoms with van der Waals surface area (Å²) in [5.41, 5.74) is 4.45. The molecule has 2 amide bonds.